The first-order chi connectivity index (χ1) is 6.84. The zero-order valence-electron chi connectivity index (χ0n) is 7.82. The van der Waals surface area contributed by atoms with Crippen LogP contribution in [-0.4, -0.2) is 33.3 Å². The highest BCUT2D eigenvalue weighted by Gasteiger charge is 2.38. The molecular weight excluding hydrogens is 218 g/mol. The molecule has 0 saturated carbocycles. The third kappa shape index (κ3) is 1.36. The molecule has 0 aliphatic carbocycles. The van der Waals surface area contributed by atoms with E-state index in [9.17, 15) is 0 Å². The first kappa shape index (κ1) is 9.07. The number of piperidine rings is 1. The molecule has 3 heterocycles. The Labute approximate surface area is 92.4 Å². The van der Waals surface area contributed by atoms with E-state index in [0.29, 0.717) is 11.1 Å². The van der Waals surface area contributed by atoms with Crippen LogP contribution in [0.15, 0.2) is 0 Å². The number of halogens is 1. The Bertz CT molecular complexity index is 341. The van der Waals surface area contributed by atoms with Crippen molar-refractivity contribution in [2.24, 2.45) is 5.92 Å². The Morgan fingerprint density at radius 2 is 2.29 bits per heavy atom. The maximum absolute atomic E-state index is 6.03. The Morgan fingerprint density at radius 1 is 1.36 bits per heavy atom. The van der Waals surface area contributed by atoms with Crippen LogP contribution in [0.1, 0.15) is 24.5 Å². The van der Waals surface area contributed by atoms with Gasteiger partial charge in [-0.15, -0.1) is 0 Å². The SMILES string of the molecule is Clc1nsnc1[C@@H]1CN2CCC[C@@H]1C2. The van der Waals surface area contributed by atoms with E-state index >= 15 is 0 Å². The minimum atomic E-state index is 0.545. The summed E-state index contributed by atoms with van der Waals surface area (Å²) in [5, 5.41) is 0.633. The van der Waals surface area contributed by atoms with Crippen LogP contribution in [0.5, 0.6) is 0 Å². The number of nitrogens with zero attached hydrogens (tertiary/aromatic N) is 3. The van der Waals surface area contributed by atoms with Gasteiger partial charge in [0.2, 0.25) is 0 Å². The van der Waals surface area contributed by atoms with Crippen molar-refractivity contribution < 1.29 is 0 Å². The van der Waals surface area contributed by atoms with Crippen LogP contribution in [0.25, 0.3) is 0 Å². The quantitative estimate of drug-likeness (QED) is 0.738. The molecule has 2 saturated heterocycles. The number of rotatable bonds is 1. The molecule has 0 N–H and O–H groups in total. The van der Waals surface area contributed by atoms with Crippen LogP contribution in [0.3, 0.4) is 0 Å². The average Bonchev–Trinajstić information content (AvgIpc) is 2.71. The highest BCUT2D eigenvalue weighted by atomic mass is 35.5. The van der Waals surface area contributed by atoms with Gasteiger partial charge >= 0.3 is 0 Å². The molecule has 14 heavy (non-hydrogen) atoms. The van der Waals surface area contributed by atoms with Crippen molar-refractivity contribution in [2.75, 3.05) is 19.6 Å². The molecule has 0 radical (unpaired) electrons. The van der Waals surface area contributed by atoms with E-state index in [2.05, 4.69) is 13.6 Å². The van der Waals surface area contributed by atoms with Crippen LogP contribution in [0.4, 0.5) is 0 Å². The van der Waals surface area contributed by atoms with Gasteiger partial charge in [0.05, 0.1) is 17.4 Å². The Balaban J connectivity index is 1.89. The van der Waals surface area contributed by atoms with Gasteiger partial charge in [0.25, 0.3) is 0 Å². The predicted molar refractivity (Wildman–Crippen MR) is 56.8 cm³/mol. The van der Waals surface area contributed by atoms with Gasteiger partial charge in [-0.1, -0.05) is 11.6 Å². The fourth-order valence-corrected chi connectivity index (χ4v) is 3.57. The lowest BCUT2D eigenvalue weighted by Gasteiger charge is -2.21. The molecule has 1 unspecified atom stereocenters. The second kappa shape index (κ2) is 3.43. The fourth-order valence-electron chi connectivity index (χ4n) is 2.73. The van der Waals surface area contributed by atoms with Gasteiger partial charge in [0, 0.05) is 19.0 Å². The summed E-state index contributed by atoms with van der Waals surface area (Å²) in [5.41, 5.74) is 1.05. The minimum absolute atomic E-state index is 0.545. The predicted octanol–water partition coefficient (Wildman–Crippen LogP) is 2.00. The van der Waals surface area contributed by atoms with Gasteiger partial charge in [0.1, 0.15) is 0 Å². The monoisotopic (exact) mass is 229 g/mol. The first-order valence-corrected chi connectivity index (χ1v) is 6.16. The standard InChI is InChI=1S/C9H12ClN3S/c10-9-8(11-14-12-9)7-5-13-3-1-2-6(7)4-13/h6-7H,1-5H2/t6-,7-/m1/s1. The average molecular weight is 230 g/mol. The smallest absolute Gasteiger partial charge is 0.166 e. The first-order valence-electron chi connectivity index (χ1n) is 5.05. The summed E-state index contributed by atoms with van der Waals surface area (Å²) in [4.78, 5) is 2.52. The van der Waals surface area contributed by atoms with Crippen molar-refractivity contribution in [1.29, 1.82) is 0 Å². The van der Waals surface area contributed by atoms with Crippen LogP contribution >= 0.6 is 23.3 Å². The molecular formula is C9H12ClN3S. The van der Waals surface area contributed by atoms with Crippen molar-refractivity contribution in [3.8, 4) is 0 Å². The molecule has 3 nitrogen and oxygen atoms in total. The maximum atomic E-state index is 6.03. The summed E-state index contributed by atoms with van der Waals surface area (Å²) in [6.07, 6.45) is 2.66. The zero-order valence-corrected chi connectivity index (χ0v) is 9.39. The largest absolute Gasteiger partial charge is 0.302 e. The summed E-state index contributed by atoms with van der Waals surface area (Å²) < 4.78 is 8.38. The Morgan fingerprint density at radius 3 is 3.00 bits per heavy atom. The Hall–Kier alpha value is -0.190. The normalized spacial score (nSPS) is 36.2. The van der Waals surface area contributed by atoms with Gasteiger partial charge in [-0.25, -0.2) is 0 Å². The van der Waals surface area contributed by atoms with Crippen molar-refractivity contribution >= 4 is 23.3 Å². The van der Waals surface area contributed by atoms with E-state index in [1.54, 1.807) is 0 Å². The van der Waals surface area contributed by atoms with Crippen LogP contribution in [0.2, 0.25) is 5.15 Å². The highest BCUT2D eigenvalue weighted by Crippen LogP contribution is 2.40. The second-order valence-corrected chi connectivity index (χ2v) is 5.10. The van der Waals surface area contributed by atoms with Crippen molar-refractivity contribution in [3.05, 3.63) is 10.8 Å². The lowest BCUT2D eigenvalue weighted by molar-refractivity contribution is 0.269. The summed E-state index contributed by atoms with van der Waals surface area (Å²) in [6.45, 7) is 3.62. The lowest BCUT2D eigenvalue weighted by atomic mass is 9.89. The molecule has 2 aliphatic heterocycles. The molecule has 2 bridgehead atoms. The Kier molecular flexibility index (Phi) is 2.22. The molecule has 3 atom stereocenters. The lowest BCUT2D eigenvalue weighted by Crippen LogP contribution is -2.25. The topological polar surface area (TPSA) is 29.0 Å². The molecule has 0 amide bonds. The van der Waals surface area contributed by atoms with E-state index in [4.69, 9.17) is 11.6 Å². The number of hydrogen-bond donors (Lipinski definition) is 0. The molecule has 0 aromatic carbocycles. The van der Waals surface area contributed by atoms with Crippen molar-refractivity contribution in [1.82, 2.24) is 13.6 Å². The van der Waals surface area contributed by atoms with Gasteiger partial charge in [-0.05, 0) is 25.3 Å². The molecule has 5 heteroatoms. The molecule has 76 valence electrons. The van der Waals surface area contributed by atoms with E-state index in [0.717, 1.165) is 18.2 Å². The fraction of sp³-hybridized carbons (Fsp3) is 0.778. The van der Waals surface area contributed by atoms with Gasteiger partial charge in [-0.3, -0.25) is 0 Å². The van der Waals surface area contributed by atoms with E-state index in [1.165, 1.54) is 37.7 Å². The molecule has 3 rings (SSSR count). The molecule has 2 aliphatic rings. The third-order valence-corrected chi connectivity index (χ3v) is 4.31. The summed E-state index contributed by atoms with van der Waals surface area (Å²) in [5.74, 6) is 1.31. The van der Waals surface area contributed by atoms with Crippen molar-refractivity contribution in [2.45, 2.75) is 18.8 Å². The van der Waals surface area contributed by atoms with E-state index < -0.39 is 0 Å². The van der Waals surface area contributed by atoms with Crippen LogP contribution < -0.4 is 0 Å². The van der Waals surface area contributed by atoms with Gasteiger partial charge in [-0.2, -0.15) is 8.75 Å². The molecule has 2 fully saturated rings. The molecule has 0 spiro atoms. The second-order valence-electron chi connectivity index (χ2n) is 4.21. The number of aromatic nitrogens is 2. The summed E-state index contributed by atoms with van der Waals surface area (Å²) in [6, 6.07) is 0. The van der Waals surface area contributed by atoms with Gasteiger partial charge < -0.3 is 4.90 Å². The van der Waals surface area contributed by atoms with E-state index in [-0.39, 0.29) is 0 Å². The number of hydrogen-bond acceptors (Lipinski definition) is 4. The van der Waals surface area contributed by atoms with Crippen molar-refractivity contribution in [3.63, 3.8) is 0 Å². The summed E-state index contributed by atoms with van der Waals surface area (Å²) in [7, 11) is 0. The van der Waals surface area contributed by atoms with Gasteiger partial charge in [0.15, 0.2) is 5.15 Å². The molecule has 1 aromatic heterocycles. The zero-order chi connectivity index (χ0) is 9.54. The minimum Gasteiger partial charge on any atom is -0.302 e. The van der Waals surface area contributed by atoms with Crippen LogP contribution in [-0.2, 0) is 0 Å². The van der Waals surface area contributed by atoms with Crippen LogP contribution in [0, 0.1) is 5.92 Å². The maximum Gasteiger partial charge on any atom is 0.166 e. The third-order valence-electron chi connectivity index (χ3n) is 3.39. The molecule has 1 aromatic rings. The highest BCUT2D eigenvalue weighted by molar-refractivity contribution is 6.99. The van der Waals surface area contributed by atoms with E-state index in [1.807, 2.05) is 0 Å². The number of fused-ring (bicyclic) bond motifs is 2. The summed E-state index contributed by atoms with van der Waals surface area (Å²) >= 11 is 7.27.